The van der Waals surface area contributed by atoms with Crippen molar-refractivity contribution in [3.05, 3.63) is 54.1 Å². The summed E-state index contributed by atoms with van der Waals surface area (Å²) in [7, 11) is 1.56. The predicted molar refractivity (Wildman–Crippen MR) is 109 cm³/mol. The van der Waals surface area contributed by atoms with Crippen molar-refractivity contribution in [3.63, 3.8) is 0 Å². The Balaban J connectivity index is 1.29. The Hall–Kier alpha value is -3.35. The van der Waals surface area contributed by atoms with E-state index in [4.69, 9.17) is 9.47 Å². The van der Waals surface area contributed by atoms with E-state index >= 15 is 0 Å². The van der Waals surface area contributed by atoms with Crippen molar-refractivity contribution in [1.82, 2.24) is 0 Å². The predicted octanol–water partition coefficient (Wildman–Crippen LogP) is 3.08. The summed E-state index contributed by atoms with van der Waals surface area (Å²) >= 11 is 0. The van der Waals surface area contributed by atoms with Gasteiger partial charge in [0.25, 0.3) is 5.91 Å². The van der Waals surface area contributed by atoms with Crippen LogP contribution in [0.15, 0.2) is 48.5 Å². The molecule has 3 fully saturated rings. The summed E-state index contributed by atoms with van der Waals surface area (Å²) in [6.07, 6.45) is 1.65. The van der Waals surface area contributed by atoms with Crippen molar-refractivity contribution in [3.8, 4) is 5.75 Å². The maximum Gasteiger partial charge on any atom is 0.310 e. The maximum absolute atomic E-state index is 12.9. The molecule has 0 radical (unpaired) electrons. The number of esters is 1. The van der Waals surface area contributed by atoms with Crippen LogP contribution in [0.25, 0.3) is 0 Å². The number of nitrogens with one attached hydrogen (secondary N) is 2. The molecule has 1 saturated heterocycles. The van der Waals surface area contributed by atoms with Crippen LogP contribution in [-0.4, -0.2) is 31.0 Å². The standard InChI is InChI=1S/C23H22N2O5/c1-29-16-7-3-6-15(11-16)24-21(26)12-4-2-5-14(8-12)25-22(27)19-13-9-17-18(10-13)30-23(28)20(17)19/h2-8,11,13,17-20H,9-10H2,1H3,(H,24,26)(H,25,27)/t13-,17+,18-,19-,20+/m0/s1. The second-order valence-electron chi connectivity index (χ2n) is 8.18. The monoisotopic (exact) mass is 406 g/mol. The number of carbonyl (C=O) groups is 3. The average molecular weight is 406 g/mol. The van der Waals surface area contributed by atoms with E-state index in [1.165, 1.54) is 0 Å². The first kappa shape index (κ1) is 18.7. The zero-order chi connectivity index (χ0) is 20.8. The minimum atomic E-state index is -0.351. The molecule has 1 aliphatic heterocycles. The van der Waals surface area contributed by atoms with Gasteiger partial charge in [-0.05, 0) is 49.1 Å². The topological polar surface area (TPSA) is 93.7 Å². The lowest BCUT2D eigenvalue weighted by atomic mass is 9.79. The van der Waals surface area contributed by atoms with Crippen LogP contribution in [0.2, 0.25) is 0 Å². The van der Waals surface area contributed by atoms with Crippen molar-refractivity contribution in [2.75, 3.05) is 17.7 Å². The maximum atomic E-state index is 12.9. The highest BCUT2D eigenvalue weighted by Crippen LogP contribution is 2.57. The van der Waals surface area contributed by atoms with Crippen LogP contribution in [0.3, 0.4) is 0 Å². The highest BCUT2D eigenvalue weighted by atomic mass is 16.6. The van der Waals surface area contributed by atoms with Crippen molar-refractivity contribution >= 4 is 29.2 Å². The summed E-state index contributed by atoms with van der Waals surface area (Å²) in [5.41, 5.74) is 1.57. The number of fused-ring (bicyclic) bond motifs is 1. The van der Waals surface area contributed by atoms with E-state index in [2.05, 4.69) is 10.6 Å². The Kier molecular flexibility index (Phi) is 4.46. The van der Waals surface area contributed by atoms with Gasteiger partial charge in [0.05, 0.1) is 18.9 Å². The van der Waals surface area contributed by atoms with Gasteiger partial charge in [-0.25, -0.2) is 0 Å². The van der Waals surface area contributed by atoms with Gasteiger partial charge in [-0.15, -0.1) is 0 Å². The molecule has 0 aromatic heterocycles. The molecule has 0 spiro atoms. The molecule has 3 aliphatic rings. The Morgan fingerprint density at radius 1 is 1.03 bits per heavy atom. The third kappa shape index (κ3) is 3.10. The number of benzene rings is 2. The minimum absolute atomic E-state index is 0.000171. The lowest BCUT2D eigenvalue weighted by Gasteiger charge is -2.23. The van der Waals surface area contributed by atoms with E-state index < -0.39 is 0 Å². The number of ether oxygens (including phenoxy) is 2. The molecule has 2 aromatic carbocycles. The van der Waals surface area contributed by atoms with Crippen molar-refractivity contribution in [2.45, 2.75) is 18.9 Å². The number of anilines is 2. The van der Waals surface area contributed by atoms with Crippen LogP contribution in [-0.2, 0) is 14.3 Å². The van der Waals surface area contributed by atoms with Crippen LogP contribution in [0.1, 0.15) is 23.2 Å². The van der Waals surface area contributed by atoms with Gasteiger partial charge in [0, 0.05) is 28.9 Å². The van der Waals surface area contributed by atoms with E-state index in [0.29, 0.717) is 22.7 Å². The molecule has 2 aliphatic carbocycles. The first-order valence-corrected chi connectivity index (χ1v) is 10.1. The van der Waals surface area contributed by atoms with Crippen molar-refractivity contribution in [2.24, 2.45) is 23.7 Å². The number of hydrogen-bond acceptors (Lipinski definition) is 5. The summed E-state index contributed by atoms with van der Waals surface area (Å²) in [6.45, 7) is 0. The zero-order valence-electron chi connectivity index (χ0n) is 16.5. The highest BCUT2D eigenvalue weighted by molar-refractivity contribution is 6.05. The summed E-state index contributed by atoms with van der Waals surface area (Å²) in [4.78, 5) is 37.7. The molecule has 1 heterocycles. The molecule has 7 heteroatoms. The number of methoxy groups -OCH3 is 1. The zero-order valence-corrected chi connectivity index (χ0v) is 16.5. The van der Waals surface area contributed by atoms with Crippen LogP contribution >= 0.6 is 0 Å². The van der Waals surface area contributed by atoms with E-state index in [1.807, 2.05) is 0 Å². The van der Waals surface area contributed by atoms with Gasteiger partial charge < -0.3 is 20.1 Å². The Morgan fingerprint density at radius 3 is 2.60 bits per heavy atom. The quantitative estimate of drug-likeness (QED) is 0.745. The Morgan fingerprint density at radius 2 is 1.80 bits per heavy atom. The molecule has 2 bridgehead atoms. The number of carbonyl (C=O) groups excluding carboxylic acids is 3. The van der Waals surface area contributed by atoms with Crippen LogP contribution in [0, 0.1) is 23.7 Å². The van der Waals surface area contributed by atoms with Gasteiger partial charge in [-0.3, -0.25) is 14.4 Å². The molecule has 5 atom stereocenters. The summed E-state index contributed by atoms with van der Waals surface area (Å²) in [5.74, 6) is -0.362. The number of amides is 2. The fourth-order valence-corrected chi connectivity index (χ4v) is 5.23. The van der Waals surface area contributed by atoms with Gasteiger partial charge in [0.1, 0.15) is 11.9 Å². The molecule has 30 heavy (non-hydrogen) atoms. The third-order valence-electron chi connectivity index (χ3n) is 6.51. The molecule has 5 rings (SSSR count). The van der Waals surface area contributed by atoms with E-state index in [0.717, 1.165) is 12.8 Å². The largest absolute Gasteiger partial charge is 0.497 e. The highest BCUT2D eigenvalue weighted by Gasteiger charge is 2.63. The minimum Gasteiger partial charge on any atom is -0.497 e. The first-order chi connectivity index (χ1) is 14.5. The van der Waals surface area contributed by atoms with Gasteiger partial charge in [0.2, 0.25) is 5.91 Å². The van der Waals surface area contributed by atoms with Gasteiger partial charge >= 0.3 is 5.97 Å². The van der Waals surface area contributed by atoms with Gasteiger partial charge in [0.15, 0.2) is 0 Å². The SMILES string of the molecule is COc1cccc(NC(=O)c2cccc(NC(=O)[C@H]3[C@H]4C[C@H]5[C@H]3C(=O)O[C@H]5C4)c2)c1. The Bertz CT molecular complexity index is 1030. The van der Waals surface area contributed by atoms with E-state index in [9.17, 15) is 14.4 Å². The molecule has 154 valence electrons. The molecule has 2 saturated carbocycles. The van der Waals surface area contributed by atoms with Crippen LogP contribution in [0.4, 0.5) is 11.4 Å². The van der Waals surface area contributed by atoms with Gasteiger partial charge in [-0.1, -0.05) is 12.1 Å². The Labute approximate surface area is 173 Å². The van der Waals surface area contributed by atoms with Gasteiger partial charge in [-0.2, -0.15) is 0 Å². The smallest absolute Gasteiger partial charge is 0.310 e. The summed E-state index contributed by atoms with van der Waals surface area (Å²) in [6, 6.07) is 13.9. The second-order valence-corrected chi connectivity index (χ2v) is 8.18. The molecule has 2 aromatic rings. The molecular formula is C23H22N2O5. The molecule has 7 nitrogen and oxygen atoms in total. The van der Waals surface area contributed by atoms with E-state index in [-0.39, 0.29) is 47.6 Å². The average Bonchev–Trinajstić information content (AvgIpc) is 3.37. The summed E-state index contributed by atoms with van der Waals surface area (Å²) < 4.78 is 10.6. The molecular weight excluding hydrogens is 384 g/mol. The number of hydrogen-bond donors (Lipinski definition) is 2. The first-order valence-electron chi connectivity index (χ1n) is 10.1. The molecule has 2 amide bonds. The third-order valence-corrected chi connectivity index (χ3v) is 6.51. The molecule has 2 N–H and O–H groups in total. The molecule has 0 unspecified atom stereocenters. The normalized spacial score (nSPS) is 28.2. The lowest BCUT2D eigenvalue weighted by molar-refractivity contribution is -0.145. The van der Waals surface area contributed by atoms with E-state index in [1.54, 1.807) is 55.6 Å². The fraction of sp³-hybridized carbons (Fsp3) is 0.348. The second kappa shape index (κ2) is 7.16. The van der Waals surface area contributed by atoms with Crippen molar-refractivity contribution in [1.29, 1.82) is 0 Å². The fourth-order valence-electron chi connectivity index (χ4n) is 5.23. The van der Waals surface area contributed by atoms with Crippen LogP contribution < -0.4 is 15.4 Å². The van der Waals surface area contributed by atoms with Crippen LogP contribution in [0.5, 0.6) is 5.75 Å². The summed E-state index contributed by atoms with van der Waals surface area (Å²) in [5, 5.41) is 5.73. The number of rotatable bonds is 5. The van der Waals surface area contributed by atoms with Crippen molar-refractivity contribution < 1.29 is 23.9 Å². The lowest BCUT2D eigenvalue weighted by Crippen LogP contribution is -2.35.